The van der Waals surface area contributed by atoms with Crippen molar-refractivity contribution in [2.24, 2.45) is 28.9 Å². The van der Waals surface area contributed by atoms with Crippen molar-refractivity contribution < 1.29 is 0 Å². The van der Waals surface area contributed by atoms with Crippen LogP contribution in [0.3, 0.4) is 0 Å². The van der Waals surface area contributed by atoms with Gasteiger partial charge >= 0.3 is 0 Å². The molecule has 21 heavy (non-hydrogen) atoms. The minimum atomic E-state index is 0.409. The van der Waals surface area contributed by atoms with Crippen LogP contribution >= 0.6 is 24.0 Å². The maximum atomic E-state index is 6.13. The summed E-state index contributed by atoms with van der Waals surface area (Å²) < 4.78 is 0. The summed E-state index contributed by atoms with van der Waals surface area (Å²) in [5.41, 5.74) is 8.59. The van der Waals surface area contributed by atoms with Gasteiger partial charge in [0, 0.05) is 5.92 Å². The normalized spacial score (nSPS) is 43.4. The maximum Gasteiger partial charge on any atom is 0.0764 e. The molecule has 4 aliphatic carbocycles. The van der Waals surface area contributed by atoms with E-state index in [2.05, 4.69) is 36.6 Å². The highest BCUT2D eigenvalue weighted by Gasteiger charge is 2.68. The molecule has 4 fully saturated rings. The molecule has 0 radical (unpaired) electrons. The van der Waals surface area contributed by atoms with Gasteiger partial charge in [0.1, 0.15) is 0 Å². The SMILES string of the molecule is CSCC12CC3CC(c4ccccc4)(C[C@H]1C3C(N)=S)C2. The van der Waals surface area contributed by atoms with Crippen molar-refractivity contribution in [2.45, 2.75) is 31.1 Å². The number of rotatable bonds is 4. The number of thioether (sulfide) groups is 1. The first-order valence-corrected chi connectivity index (χ1v) is 9.74. The Balaban J connectivity index is 1.76. The molecule has 0 heterocycles. The van der Waals surface area contributed by atoms with E-state index in [1.54, 1.807) is 5.56 Å². The first-order chi connectivity index (χ1) is 10.1. The minimum Gasteiger partial charge on any atom is -0.393 e. The molecule has 5 atom stereocenters. The Morgan fingerprint density at radius 1 is 1.29 bits per heavy atom. The number of benzene rings is 1. The van der Waals surface area contributed by atoms with Gasteiger partial charge in [-0.2, -0.15) is 11.8 Å². The molecule has 0 aromatic heterocycles. The van der Waals surface area contributed by atoms with Gasteiger partial charge in [-0.1, -0.05) is 42.5 Å². The fourth-order valence-corrected chi connectivity index (χ4v) is 7.51. The highest BCUT2D eigenvalue weighted by atomic mass is 32.2. The monoisotopic (exact) mass is 317 g/mol. The van der Waals surface area contributed by atoms with Crippen molar-refractivity contribution >= 4 is 29.0 Å². The Kier molecular flexibility index (Phi) is 3.17. The molecule has 1 nitrogen and oxygen atoms in total. The highest BCUT2D eigenvalue weighted by molar-refractivity contribution is 7.98. The van der Waals surface area contributed by atoms with Crippen LogP contribution in [0.4, 0.5) is 0 Å². The van der Waals surface area contributed by atoms with E-state index in [4.69, 9.17) is 18.0 Å². The zero-order valence-corrected chi connectivity index (χ0v) is 14.2. The molecular formula is C18H23NS2. The standard InChI is InChI=1S/C18H23NS2/c1-21-11-18-8-12-7-17(10-18,13-5-3-2-4-6-13)9-14(18)15(12)16(19)20/h2-6,12,14-15H,7-11H2,1H3,(H2,19,20)/t12?,14-,15?,17?,18?/m0/s1. The summed E-state index contributed by atoms with van der Waals surface area (Å²) >= 11 is 7.45. The van der Waals surface area contributed by atoms with Crippen LogP contribution in [0.15, 0.2) is 30.3 Å². The van der Waals surface area contributed by atoms with Gasteiger partial charge in [-0.15, -0.1) is 0 Å². The largest absolute Gasteiger partial charge is 0.393 e. The number of hydrogen-bond acceptors (Lipinski definition) is 2. The molecule has 0 spiro atoms. The van der Waals surface area contributed by atoms with Crippen molar-refractivity contribution in [1.82, 2.24) is 0 Å². The summed E-state index contributed by atoms with van der Waals surface area (Å²) in [6.45, 7) is 0. The summed E-state index contributed by atoms with van der Waals surface area (Å²) in [5, 5.41) is 0. The summed E-state index contributed by atoms with van der Waals surface area (Å²) in [4.78, 5) is 0.788. The van der Waals surface area contributed by atoms with Gasteiger partial charge in [-0.25, -0.2) is 0 Å². The van der Waals surface area contributed by atoms with Crippen molar-refractivity contribution in [1.29, 1.82) is 0 Å². The predicted octanol–water partition coefficient (Wildman–Crippen LogP) is 4.01. The van der Waals surface area contributed by atoms with Crippen molar-refractivity contribution in [3.8, 4) is 0 Å². The Bertz CT molecular complexity index is 572. The smallest absolute Gasteiger partial charge is 0.0764 e. The Morgan fingerprint density at radius 3 is 2.71 bits per heavy atom. The summed E-state index contributed by atoms with van der Waals surface area (Å²) in [7, 11) is 0. The Labute approximate surface area is 137 Å². The van der Waals surface area contributed by atoms with E-state index in [9.17, 15) is 0 Å². The lowest BCUT2D eigenvalue weighted by molar-refractivity contribution is 0.186. The van der Waals surface area contributed by atoms with E-state index in [0.29, 0.717) is 16.7 Å². The summed E-state index contributed by atoms with van der Waals surface area (Å²) in [6, 6.07) is 11.2. The molecule has 0 aliphatic heterocycles. The molecule has 4 aliphatic rings. The quantitative estimate of drug-likeness (QED) is 0.850. The van der Waals surface area contributed by atoms with E-state index >= 15 is 0 Å². The van der Waals surface area contributed by atoms with Crippen LogP contribution in [-0.2, 0) is 5.41 Å². The van der Waals surface area contributed by atoms with E-state index in [-0.39, 0.29) is 0 Å². The minimum absolute atomic E-state index is 0.409. The molecule has 3 heteroatoms. The number of thiocarbonyl (C=S) groups is 1. The summed E-state index contributed by atoms with van der Waals surface area (Å²) in [5.74, 6) is 3.23. The van der Waals surface area contributed by atoms with Gasteiger partial charge in [0.2, 0.25) is 0 Å². The third kappa shape index (κ3) is 1.86. The molecule has 4 unspecified atom stereocenters. The lowest BCUT2D eigenvalue weighted by atomic mass is 9.62. The van der Waals surface area contributed by atoms with Crippen LogP contribution < -0.4 is 5.73 Å². The fourth-order valence-electron chi connectivity index (χ4n) is 6.14. The predicted molar refractivity (Wildman–Crippen MR) is 94.7 cm³/mol. The molecular weight excluding hydrogens is 294 g/mol. The first-order valence-electron chi connectivity index (χ1n) is 7.94. The second-order valence-electron chi connectivity index (χ2n) is 7.53. The van der Waals surface area contributed by atoms with Gasteiger partial charge in [-0.05, 0) is 65.9 Å². The molecule has 4 bridgehead atoms. The third-order valence-electron chi connectivity index (χ3n) is 6.50. The van der Waals surface area contributed by atoms with Crippen LogP contribution in [0.1, 0.15) is 31.2 Å². The fraction of sp³-hybridized carbons (Fsp3) is 0.611. The van der Waals surface area contributed by atoms with E-state index in [0.717, 1.165) is 16.8 Å². The van der Waals surface area contributed by atoms with Gasteiger partial charge in [0.15, 0.2) is 0 Å². The van der Waals surface area contributed by atoms with Gasteiger partial charge in [0.25, 0.3) is 0 Å². The molecule has 0 saturated heterocycles. The van der Waals surface area contributed by atoms with Crippen molar-refractivity contribution in [2.75, 3.05) is 12.0 Å². The molecule has 1 aromatic carbocycles. The first kappa shape index (κ1) is 14.1. The Hall–Kier alpha value is -0.540. The summed E-state index contributed by atoms with van der Waals surface area (Å²) in [6.07, 6.45) is 7.56. The second-order valence-corrected chi connectivity index (χ2v) is 8.86. The zero-order valence-electron chi connectivity index (χ0n) is 12.5. The maximum absolute atomic E-state index is 6.13. The van der Waals surface area contributed by atoms with Crippen LogP contribution in [0, 0.1) is 23.2 Å². The third-order valence-corrected chi connectivity index (χ3v) is 7.63. The average molecular weight is 318 g/mol. The van der Waals surface area contributed by atoms with Crippen LogP contribution in [-0.4, -0.2) is 17.0 Å². The van der Waals surface area contributed by atoms with E-state index in [1.807, 2.05) is 11.8 Å². The lowest BCUT2D eigenvalue weighted by Gasteiger charge is -2.43. The van der Waals surface area contributed by atoms with Gasteiger partial charge in [-0.3, -0.25) is 0 Å². The van der Waals surface area contributed by atoms with E-state index in [1.165, 1.54) is 31.4 Å². The molecule has 5 rings (SSSR count). The molecule has 0 amide bonds. The van der Waals surface area contributed by atoms with Gasteiger partial charge in [0.05, 0.1) is 4.99 Å². The molecule has 4 saturated carbocycles. The van der Waals surface area contributed by atoms with Gasteiger partial charge < -0.3 is 5.73 Å². The number of hydrogen-bond donors (Lipinski definition) is 1. The van der Waals surface area contributed by atoms with Crippen LogP contribution in [0.2, 0.25) is 0 Å². The Morgan fingerprint density at radius 2 is 2.05 bits per heavy atom. The van der Waals surface area contributed by atoms with Crippen molar-refractivity contribution in [3.05, 3.63) is 35.9 Å². The number of nitrogens with two attached hydrogens (primary N) is 1. The average Bonchev–Trinajstić information content (AvgIpc) is 2.82. The van der Waals surface area contributed by atoms with Crippen molar-refractivity contribution in [3.63, 3.8) is 0 Å². The zero-order chi connectivity index (χ0) is 14.7. The van der Waals surface area contributed by atoms with E-state index < -0.39 is 0 Å². The van der Waals surface area contributed by atoms with Crippen LogP contribution in [0.25, 0.3) is 0 Å². The molecule has 1 aromatic rings. The molecule has 2 N–H and O–H groups in total. The lowest BCUT2D eigenvalue weighted by Crippen LogP contribution is -2.40. The molecule has 112 valence electrons. The topological polar surface area (TPSA) is 26.0 Å². The van der Waals surface area contributed by atoms with Crippen LogP contribution in [0.5, 0.6) is 0 Å². The highest BCUT2D eigenvalue weighted by Crippen LogP contribution is 2.73. The second kappa shape index (κ2) is 4.73.